The van der Waals surface area contributed by atoms with Crippen LogP contribution in [0.5, 0.6) is 5.75 Å². The van der Waals surface area contributed by atoms with E-state index in [9.17, 15) is 26.7 Å². The second kappa shape index (κ2) is 18.5. The monoisotopic (exact) mass is 632 g/mol. The Hall–Kier alpha value is -3.42. The molecule has 0 amide bonds. The van der Waals surface area contributed by atoms with Gasteiger partial charge in [0.15, 0.2) is 17.7 Å². The molecule has 0 N–H and O–H groups in total. The van der Waals surface area contributed by atoms with Gasteiger partial charge in [-0.15, -0.1) is 0 Å². The molecule has 0 fully saturated rings. The van der Waals surface area contributed by atoms with Gasteiger partial charge in [-0.3, -0.25) is 0 Å². The fourth-order valence-electron chi connectivity index (χ4n) is 5.17. The molecule has 8 heteroatoms. The van der Waals surface area contributed by atoms with Crippen LogP contribution in [-0.4, -0.2) is 24.9 Å². The van der Waals surface area contributed by atoms with E-state index in [1.807, 2.05) is 6.92 Å². The zero-order valence-corrected chi connectivity index (χ0v) is 26.4. The molecule has 0 aliphatic carbocycles. The minimum atomic E-state index is -4.63. The van der Waals surface area contributed by atoms with E-state index in [2.05, 4.69) is 6.92 Å². The maximum Gasteiger partial charge on any atom is 0.425 e. The van der Waals surface area contributed by atoms with Gasteiger partial charge in [0.1, 0.15) is 0 Å². The van der Waals surface area contributed by atoms with E-state index in [0.29, 0.717) is 30.6 Å². The van der Waals surface area contributed by atoms with Crippen LogP contribution >= 0.6 is 0 Å². The predicted molar refractivity (Wildman–Crippen MR) is 169 cm³/mol. The van der Waals surface area contributed by atoms with Crippen LogP contribution in [0.15, 0.2) is 60.7 Å². The maximum absolute atomic E-state index is 15.0. The van der Waals surface area contributed by atoms with Gasteiger partial charge in [-0.1, -0.05) is 114 Å². The molecule has 1 unspecified atom stereocenters. The summed E-state index contributed by atoms with van der Waals surface area (Å²) in [6, 6.07) is 15.7. The average molecular weight is 633 g/mol. The largest absolute Gasteiger partial charge is 0.490 e. The summed E-state index contributed by atoms with van der Waals surface area (Å²) >= 11 is 0. The van der Waals surface area contributed by atoms with Crippen LogP contribution in [0.25, 0.3) is 22.3 Å². The Kier molecular flexibility index (Phi) is 14.8. The van der Waals surface area contributed by atoms with Gasteiger partial charge < -0.3 is 9.47 Å². The first-order valence-electron chi connectivity index (χ1n) is 16.2. The van der Waals surface area contributed by atoms with Crippen molar-refractivity contribution in [3.63, 3.8) is 0 Å². The first kappa shape index (κ1) is 36.1. The molecule has 3 rings (SSSR count). The molecule has 0 aliphatic heterocycles. The standard InChI is InChI=1S/C37H45F5O3/c1-3-5-7-9-10-11-12-14-26-44-32-25-24-31(34(38)35(32)39)29-20-16-27(17-21-29)28-18-22-30(23-19-28)36(43)45-33(37(40,41)42)15-13-8-6-4-2/h16-25,33H,3-15,26H2,1-2H3. The number of esters is 1. The van der Waals surface area contributed by atoms with Crippen molar-refractivity contribution in [3.8, 4) is 28.0 Å². The van der Waals surface area contributed by atoms with Crippen molar-refractivity contribution < 1.29 is 36.2 Å². The van der Waals surface area contributed by atoms with Crippen molar-refractivity contribution in [1.29, 1.82) is 0 Å². The van der Waals surface area contributed by atoms with Crippen molar-refractivity contribution in [1.82, 2.24) is 0 Å². The molecule has 3 nitrogen and oxygen atoms in total. The summed E-state index contributed by atoms with van der Waals surface area (Å²) in [4.78, 5) is 12.5. The molecule has 0 heterocycles. The highest BCUT2D eigenvalue weighted by Gasteiger charge is 2.42. The first-order valence-corrected chi connectivity index (χ1v) is 16.2. The van der Waals surface area contributed by atoms with E-state index in [1.165, 1.54) is 56.4 Å². The number of ether oxygens (including phenoxy) is 2. The number of alkyl halides is 3. The van der Waals surface area contributed by atoms with Gasteiger partial charge in [-0.2, -0.15) is 17.6 Å². The number of benzene rings is 3. The molecular formula is C37H45F5O3. The third-order valence-electron chi connectivity index (χ3n) is 7.89. The number of unbranched alkanes of at least 4 members (excludes halogenated alkanes) is 10. The summed E-state index contributed by atoms with van der Waals surface area (Å²) in [5.74, 6) is -3.14. The predicted octanol–water partition coefficient (Wildman–Crippen LogP) is 11.9. The van der Waals surface area contributed by atoms with Crippen LogP contribution in [0.4, 0.5) is 22.0 Å². The van der Waals surface area contributed by atoms with Crippen LogP contribution in [0.1, 0.15) is 108 Å². The maximum atomic E-state index is 15.0. The van der Waals surface area contributed by atoms with Crippen molar-refractivity contribution in [2.24, 2.45) is 0 Å². The number of halogens is 5. The van der Waals surface area contributed by atoms with Gasteiger partial charge in [0.25, 0.3) is 0 Å². The second-order valence-corrected chi connectivity index (χ2v) is 11.5. The molecule has 246 valence electrons. The molecule has 0 radical (unpaired) electrons. The lowest BCUT2D eigenvalue weighted by Gasteiger charge is -2.20. The summed E-state index contributed by atoms with van der Waals surface area (Å²) in [5.41, 5.74) is 2.02. The molecular weight excluding hydrogens is 587 g/mol. The van der Waals surface area contributed by atoms with Crippen molar-refractivity contribution in [2.45, 2.75) is 110 Å². The Bertz CT molecular complexity index is 1300. The Morgan fingerprint density at radius 3 is 1.73 bits per heavy atom. The molecule has 3 aromatic rings. The summed E-state index contributed by atoms with van der Waals surface area (Å²) in [7, 11) is 0. The fraction of sp³-hybridized carbons (Fsp3) is 0.486. The van der Waals surface area contributed by atoms with Crippen LogP contribution in [0.3, 0.4) is 0 Å². The fourth-order valence-corrected chi connectivity index (χ4v) is 5.17. The highest BCUT2D eigenvalue weighted by Crippen LogP contribution is 2.32. The Morgan fingerprint density at radius 2 is 1.16 bits per heavy atom. The van der Waals surface area contributed by atoms with Crippen LogP contribution in [0.2, 0.25) is 0 Å². The zero-order valence-electron chi connectivity index (χ0n) is 26.4. The Balaban J connectivity index is 1.56. The molecule has 45 heavy (non-hydrogen) atoms. The Morgan fingerprint density at radius 1 is 0.644 bits per heavy atom. The zero-order chi connectivity index (χ0) is 32.7. The lowest BCUT2D eigenvalue weighted by atomic mass is 9.99. The summed E-state index contributed by atoms with van der Waals surface area (Å²) in [6.45, 7) is 4.49. The van der Waals surface area contributed by atoms with Gasteiger partial charge in [0.05, 0.1) is 12.2 Å². The third kappa shape index (κ3) is 11.5. The highest BCUT2D eigenvalue weighted by molar-refractivity contribution is 5.90. The minimum Gasteiger partial charge on any atom is -0.490 e. The SMILES string of the molecule is CCCCCCCCCCOc1ccc(-c2ccc(-c3ccc(C(=O)OC(CCCCCC)C(F)(F)F)cc3)cc2)c(F)c1F. The molecule has 0 bridgehead atoms. The van der Waals surface area contributed by atoms with Crippen molar-refractivity contribution in [2.75, 3.05) is 6.61 Å². The summed E-state index contributed by atoms with van der Waals surface area (Å²) < 4.78 is 80.3. The highest BCUT2D eigenvalue weighted by atomic mass is 19.4. The van der Waals surface area contributed by atoms with Gasteiger partial charge in [-0.25, -0.2) is 9.18 Å². The van der Waals surface area contributed by atoms with E-state index in [1.54, 1.807) is 36.4 Å². The molecule has 0 saturated carbocycles. The molecule has 0 saturated heterocycles. The number of hydrogen-bond donors (Lipinski definition) is 0. The van der Waals surface area contributed by atoms with Crippen molar-refractivity contribution in [3.05, 3.63) is 77.9 Å². The minimum absolute atomic E-state index is 0.0143. The van der Waals surface area contributed by atoms with E-state index in [-0.39, 0.29) is 23.3 Å². The first-order chi connectivity index (χ1) is 21.7. The number of carbonyl (C=O) groups excluding carboxylic acids is 1. The van der Waals surface area contributed by atoms with E-state index in [0.717, 1.165) is 37.7 Å². The number of carbonyl (C=O) groups is 1. The van der Waals surface area contributed by atoms with Crippen LogP contribution in [0, 0.1) is 11.6 Å². The molecule has 3 aromatic carbocycles. The average Bonchev–Trinajstić information content (AvgIpc) is 3.03. The van der Waals surface area contributed by atoms with Crippen molar-refractivity contribution >= 4 is 5.97 Å². The van der Waals surface area contributed by atoms with Gasteiger partial charge in [0, 0.05) is 5.56 Å². The van der Waals surface area contributed by atoms with Crippen LogP contribution in [-0.2, 0) is 4.74 Å². The quantitative estimate of drug-likeness (QED) is 0.0749. The van der Waals surface area contributed by atoms with E-state index >= 15 is 0 Å². The third-order valence-corrected chi connectivity index (χ3v) is 7.89. The molecule has 1 atom stereocenters. The lowest BCUT2D eigenvalue weighted by molar-refractivity contribution is -0.206. The summed E-state index contributed by atoms with van der Waals surface area (Å²) in [5, 5.41) is 0. The number of rotatable bonds is 19. The van der Waals surface area contributed by atoms with Gasteiger partial charge in [-0.05, 0) is 60.2 Å². The van der Waals surface area contributed by atoms with E-state index in [4.69, 9.17) is 9.47 Å². The summed E-state index contributed by atoms with van der Waals surface area (Å²) in [6.07, 6.45) is 4.69. The topological polar surface area (TPSA) is 35.5 Å². The molecule has 0 aromatic heterocycles. The van der Waals surface area contributed by atoms with Gasteiger partial charge >= 0.3 is 12.1 Å². The number of hydrogen-bond acceptors (Lipinski definition) is 3. The second-order valence-electron chi connectivity index (χ2n) is 11.5. The smallest absolute Gasteiger partial charge is 0.425 e. The Labute approximate surface area is 264 Å². The van der Waals surface area contributed by atoms with Crippen LogP contribution < -0.4 is 4.74 Å². The molecule has 0 aliphatic rings. The normalized spacial score (nSPS) is 12.2. The lowest BCUT2D eigenvalue weighted by Crippen LogP contribution is -2.33. The van der Waals surface area contributed by atoms with E-state index < -0.39 is 29.9 Å². The molecule has 0 spiro atoms. The van der Waals surface area contributed by atoms with Gasteiger partial charge in [0.2, 0.25) is 5.82 Å².